The number of hydrogen-bond donors (Lipinski definition) is 2. The highest BCUT2D eigenvalue weighted by Crippen LogP contribution is 2.21. The molecule has 0 saturated heterocycles. The van der Waals surface area contributed by atoms with Crippen molar-refractivity contribution in [2.24, 2.45) is 0 Å². The number of carbonyl (C=O) groups excluding carboxylic acids is 1. The molecule has 5 nitrogen and oxygen atoms in total. The number of halogens is 1. The van der Waals surface area contributed by atoms with E-state index in [2.05, 4.69) is 0 Å². The van der Waals surface area contributed by atoms with Gasteiger partial charge in [0.2, 0.25) is 0 Å². The molecule has 7 heteroatoms. The quantitative estimate of drug-likeness (QED) is 0.783. The van der Waals surface area contributed by atoms with Crippen molar-refractivity contribution in [3.05, 3.63) is 29.6 Å². The zero-order chi connectivity index (χ0) is 15.9. The van der Waals surface area contributed by atoms with Crippen LogP contribution in [0.5, 0.6) is 0 Å². The molecule has 1 aromatic heterocycles. The average Bonchev–Trinajstić information content (AvgIpc) is 2.66. The van der Waals surface area contributed by atoms with Crippen LogP contribution in [-0.4, -0.2) is 33.4 Å². The largest absolute Gasteiger partial charge is 0.506 e. The lowest BCUT2D eigenvalue weighted by Gasteiger charge is -2.21. The molecule has 0 radical (unpaired) electrons. The Bertz CT molecular complexity index is 703. The average molecular weight is 293 g/mol. The summed E-state index contributed by atoms with van der Waals surface area (Å²) in [6, 6.07) is 4.07. The highest BCUT2D eigenvalue weighted by Gasteiger charge is 2.27. The van der Waals surface area contributed by atoms with Gasteiger partial charge in [-0.15, -0.1) is 0 Å². The minimum atomic E-state index is -1.87. The molecular formula is C14H17BFNO4. The van der Waals surface area contributed by atoms with E-state index in [9.17, 15) is 19.2 Å². The summed E-state index contributed by atoms with van der Waals surface area (Å²) >= 11 is 0. The number of benzene rings is 1. The molecule has 2 rings (SSSR count). The molecular weight excluding hydrogens is 276 g/mol. The van der Waals surface area contributed by atoms with Gasteiger partial charge in [0.15, 0.2) is 0 Å². The van der Waals surface area contributed by atoms with E-state index >= 15 is 0 Å². The summed E-state index contributed by atoms with van der Waals surface area (Å²) < 4.78 is 19.9. The van der Waals surface area contributed by atoms with E-state index in [4.69, 9.17) is 4.74 Å². The maximum Gasteiger partial charge on any atom is 0.506 e. The molecule has 1 aromatic carbocycles. The molecule has 0 bridgehead atoms. The Morgan fingerprint density at radius 3 is 2.43 bits per heavy atom. The van der Waals surface area contributed by atoms with Crippen molar-refractivity contribution >= 4 is 29.7 Å². The van der Waals surface area contributed by atoms with E-state index in [-0.39, 0.29) is 5.59 Å². The lowest BCUT2D eigenvalue weighted by atomic mass is 9.86. The van der Waals surface area contributed by atoms with Crippen molar-refractivity contribution in [1.82, 2.24) is 4.57 Å². The first-order valence-corrected chi connectivity index (χ1v) is 6.51. The molecule has 0 atom stereocenters. The van der Waals surface area contributed by atoms with Crippen LogP contribution in [0.2, 0.25) is 0 Å². The second kappa shape index (κ2) is 5.16. The second-order valence-electron chi connectivity index (χ2n) is 5.92. The number of ether oxygens (including phenoxy) is 1. The highest BCUT2D eigenvalue weighted by molar-refractivity contribution is 6.59. The zero-order valence-corrected chi connectivity index (χ0v) is 12.3. The van der Waals surface area contributed by atoms with Crippen molar-refractivity contribution in [3.8, 4) is 0 Å². The molecule has 0 spiro atoms. The van der Waals surface area contributed by atoms with E-state index in [0.717, 1.165) is 4.57 Å². The molecule has 112 valence electrons. The Hall–Kier alpha value is -1.86. The fraction of sp³-hybridized carbons (Fsp3) is 0.357. The third-order valence-corrected chi connectivity index (χ3v) is 2.95. The van der Waals surface area contributed by atoms with Crippen LogP contribution in [-0.2, 0) is 4.74 Å². The first-order chi connectivity index (χ1) is 9.60. The Labute approximate surface area is 122 Å². The first kappa shape index (κ1) is 15.5. The van der Waals surface area contributed by atoms with E-state index in [1.807, 2.05) is 0 Å². The molecule has 2 N–H and O–H groups in total. The van der Waals surface area contributed by atoms with Gasteiger partial charge < -0.3 is 14.8 Å². The van der Waals surface area contributed by atoms with Crippen LogP contribution >= 0.6 is 0 Å². The predicted octanol–water partition coefficient (Wildman–Crippen LogP) is 1.55. The molecule has 1 heterocycles. The highest BCUT2D eigenvalue weighted by atomic mass is 19.1. The third-order valence-electron chi connectivity index (χ3n) is 2.95. The fourth-order valence-corrected chi connectivity index (χ4v) is 2.06. The molecule has 0 saturated carbocycles. The Kier molecular flexibility index (Phi) is 3.82. The molecule has 0 fully saturated rings. The van der Waals surface area contributed by atoms with E-state index < -0.39 is 24.6 Å². The zero-order valence-electron chi connectivity index (χ0n) is 12.3. The van der Waals surface area contributed by atoms with E-state index in [1.165, 1.54) is 18.2 Å². The van der Waals surface area contributed by atoms with Gasteiger partial charge in [0.05, 0.1) is 11.1 Å². The maximum atomic E-state index is 13.6. The number of hydrogen-bond acceptors (Lipinski definition) is 4. The summed E-state index contributed by atoms with van der Waals surface area (Å²) in [4.78, 5) is 12.3. The fourth-order valence-electron chi connectivity index (χ4n) is 2.06. The van der Waals surface area contributed by atoms with Gasteiger partial charge in [0.25, 0.3) is 0 Å². The summed E-state index contributed by atoms with van der Waals surface area (Å²) in [5.41, 5.74) is -0.0830. The van der Waals surface area contributed by atoms with Gasteiger partial charge in [-0.1, -0.05) is 0 Å². The molecule has 0 aliphatic heterocycles. The maximum absolute atomic E-state index is 13.6. The first-order valence-electron chi connectivity index (χ1n) is 6.51. The van der Waals surface area contributed by atoms with Crippen LogP contribution in [0.15, 0.2) is 18.2 Å². The molecule has 0 aliphatic carbocycles. The Morgan fingerprint density at radius 1 is 1.29 bits per heavy atom. The number of aryl methyl sites for hydroxylation is 1. The molecule has 2 aromatic rings. The van der Waals surface area contributed by atoms with Crippen LogP contribution in [0.3, 0.4) is 0 Å². The Morgan fingerprint density at radius 2 is 1.90 bits per heavy atom. The summed E-state index contributed by atoms with van der Waals surface area (Å²) in [7, 11) is -1.87. The van der Waals surface area contributed by atoms with Crippen LogP contribution in [0.1, 0.15) is 26.3 Å². The smallest absolute Gasteiger partial charge is 0.443 e. The number of carbonyl (C=O) groups is 1. The van der Waals surface area contributed by atoms with E-state index in [1.54, 1.807) is 27.7 Å². The minimum Gasteiger partial charge on any atom is -0.443 e. The lowest BCUT2D eigenvalue weighted by molar-refractivity contribution is 0.0547. The van der Waals surface area contributed by atoms with Crippen LogP contribution in [0.4, 0.5) is 9.18 Å². The van der Waals surface area contributed by atoms with Crippen molar-refractivity contribution in [3.63, 3.8) is 0 Å². The SMILES string of the molecule is Cc1cc2c(cc1F)cc(B(O)O)n2C(=O)OC(C)(C)C. The monoisotopic (exact) mass is 293 g/mol. The number of aromatic nitrogens is 1. The van der Waals surface area contributed by atoms with Gasteiger partial charge in [-0.2, -0.15) is 0 Å². The van der Waals surface area contributed by atoms with Gasteiger partial charge in [0.1, 0.15) is 11.4 Å². The standard InChI is InChI=1S/C14H17BFNO4/c1-8-5-11-9(6-10(8)16)7-12(15(19)20)17(11)13(18)21-14(2,3)4/h5-7,19-20H,1-4H3. The summed E-state index contributed by atoms with van der Waals surface area (Å²) in [5, 5.41) is 19.2. The van der Waals surface area contributed by atoms with Crippen molar-refractivity contribution in [2.75, 3.05) is 0 Å². The van der Waals surface area contributed by atoms with Crippen LogP contribution in [0.25, 0.3) is 10.9 Å². The Balaban J connectivity index is 2.66. The third kappa shape index (κ3) is 3.09. The second-order valence-corrected chi connectivity index (χ2v) is 5.92. The van der Waals surface area contributed by atoms with Gasteiger partial charge >= 0.3 is 13.2 Å². The summed E-state index contributed by atoms with van der Waals surface area (Å²) in [6.45, 7) is 6.68. The van der Waals surface area contributed by atoms with Gasteiger partial charge in [0, 0.05) is 5.39 Å². The van der Waals surface area contributed by atoms with Crippen LogP contribution < -0.4 is 5.59 Å². The number of fused-ring (bicyclic) bond motifs is 1. The van der Waals surface area contributed by atoms with Crippen molar-refractivity contribution in [1.29, 1.82) is 0 Å². The topological polar surface area (TPSA) is 71.7 Å². The van der Waals surface area contributed by atoms with Crippen LogP contribution in [0, 0.1) is 12.7 Å². The minimum absolute atomic E-state index is 0.0655. The number of nitrogens with zero attached hydrogens (tertiary/aromatic N) is 1. The van der Waals surface area contributed by atoms with Gasteiger partial charge in [-0.25, -0.2) is 9.18 Å². The summed E-state index contributed by atoms with van der Waals surface area (Å²) in [5.74, 6) is -0.428. The van der Waals surface area contributed by atoms with Crippen molar-refractivity contribution in [2.45, 2.75) is 33.3 Å². The van der Waals surface area contributed by atoms with Gasteiger partial charge in [-0.05, 0) is 51.5 Å². The molecule has 0 aliphatic rings. The number of rotatable bonds is 1. The summed E-state index contributed by atoms with van der Waals surface area (Å²) in [6.07, 6.45) is -0.744. The molecule has 21 heavy (non-hydrogen) atoms. The normalized spacial score (nSPS) is 11.8. The molecule has 0 amide bonds. The van der Waals surface area contributed by atoms with Crippen molar-refractivity contribution < 1.29 is 24.0 Å². The molecule has 0 unspecified atom stereocenters. The predicted molar refractivity (Wildman–Crippen MR) is 78.1 cm³/mol. The van der Waals surface area contributed by atoms with E-state index in [0.29, 0.717) is 16.5 Å². The van der Waals surface area contributed by atoms with Gasteiger partial charge in [-0.3, -0.25) is 4.57 Å². The lowest BCUT2D eigenvalue weighted by Crippen LogP contribution is -2.41.